The minimum atomic E-state index is -0.335. The smallest absolute Gasteiger partial charge is 0.213 e. The molecule has 1 aliphatic rings. The Hall–Kier alpha value is -3.80. The second-order valence-electron chi connectivity index (χ2n) is 6.53. The predicted molar refractivity (Wildman–Crippen MR) is 110 cm³/mol. The molecule has 3 aromatic rings. The monoisotopic (exact) mass is 385 g/mol. The summed E-state index contributed by atoms with van der Waals surface area (Å²) in [7, 11) is 0. The van der Waals surface area contributed by atoms with E-state index < -0.39 is 0 Å². The number of anilines is 1. The third kappa shape index (κ3) is 3.52. The van der Waals surface area contributed by atoms with Gasteiger partial charge in [-0.1, -0.05) is 30.3 Å². The van der Waals surface area contributed by atoms with E-state index >= 15 is 0 Å². The second-order valence-corrected chi connectivity index (χ2v) is 6.53. The Bertz CT molecular complexity index is 1140. The molecule has 4 rings (SSSR count). The maximum absolute atomic E-state index is 13.0. The number of nitrogens with zero attached hydrogens (tertiary/aromatic N) is 2. The number of hydrogen-bond donors (Lipinski definition) is 1. The minimum absolute atomic E-state index is 0.113. The lowest BCUT2D eigenvalue weighted by molar-refractivity contribution is 0.0981. The van der Waals surface area contributed by atoms with Crippen LogP contribution in [0, 0.1) is 6.92 Å². The molecule has 0 spiro atoms. The van der Waals surface area contributed by atoms with Crippen molar-refractivity contribution in [1.29, 1.82) is 0 Å². The first-order chi connectivity index (χ1) is 14.1. The molecular formula is C23H19N3O3. The van der Waals surface area contributed by atoms with Gasteiger partial charge in [0.05, 0.1) is 29.1 Å². The van der Waals surface area contributed by atoms with Crippen molar-refractivity contribution in [1.82, 2.24) is 9.97 Å². The van der Waals surface area contributed by atoms with Crippen LogP contribution in [0.2, 0.25) is 0 Å². The van der Waals surface area contributed by atoms with Gasteiger partial charge in [-0.15, -0.1) is 0 Å². The van der Waals surface area contributed by atoms with Crippen LogP contribution in [0.15, 0.2) is 66.4 Å². The first kappa shape index (κ1) is 18.6. The predicted octanol–water partition coefficient (Wildman–Crippen LogP) is 4.23. The van der Waals surface area contributed by atoms with Gasteiger partial charge in [0, 0.05) is 11.8 Å². The number of nitrogens with one attached hydrogen (secondary N) is 1. The van der Waals surface area contributed by atoms with Gasteiger partial charge in [0.15, 0.2) is 5.82 Å². The molecule has 2 aromatic carbocycles. The third-order valence-corrected chi connectivity index (χ3v) is 4.55. The van der Waals surface area contributed by atoms with Crippen molar-refractivity contribution in [2.45, 2.75) is 13.8 Å². The van der Waals surface area contributed by atoms with E-state index in [9.17, 15) is 9.59 Å². The summed E-state index contributed by atoms with van der Waals surface area (Å²) >= 11 is 0. The molecule has 0 aliphatic heterocycles. The lowest BCUT2D eigenvalue weighted by Crippen LogP contribution is -2.25. The fraction of sp³-hybridized carbons (Fsp3) is 0.130. The number of benzene rings is 2. The van der Waals surface area contributed by atoms with Crippen molar-refractivity contribution in [3.63, 3.8) is 0 Å². The number of fused-ring (bicyclic) bond motifs is 1. The van der Waals surface area contributed by atoms with Crippen molar-refractivity contribution in [2.75, 3.05) is 11.9 Å². The fourth-order valence-corrected chi connectivity index (χ4v) is 3.25. The van der Waals surface area contributed by atoms with E-state index in [1.165, 1.54) is 6.08 Å². The Kier molecular flexibility index (Phi) is 4.91. The van der Waals surface area contributed by atoms with Gasteiger partial charge in [0.1, 0.15) is 11.4 Å². The normalized spacial score (nSPS) is 13.0. The van der Waals surface area contributed by atoms with Crippen LogP contribution in [0.1, 0.15) is 33.5 Å². The van der Waals surface area contributed by atoms with Crippen LogP contribution in [0.5, 0.6) is 5.75 Å². The molecule has 0 amide bonds. The third-order valence-electron chi connectivity index (χ3n) is 4.55. The number of para-hydroxylation sites is 2. The van der Waals surface area contributed by atoms with Gasteiger partial charge in [-0.25, -0.2) is 9.97 Å². The summed E-state index contributed by atoms with van der Waals surface area (Å²) < 4.78 is 5.65. The zero-order chi connectivity index (χ0) is 20.4. The largest absolute Gasteiger partial charge is 0.493 e. The summed E-state index contributed by atoms with van der Waals surface area (Å²) in [5.74, 6) is 0.356. The van der Waals surface area contributed by atoms with Crippen molar-refractivity contribution < 1.29 is 14.3 Å². The highest BCUT2D eigenvalue weighted by molar-refractivity contribution is 6.25. The van der Waals surface area contributed by atoms with Crippen molar-refractivity contribution in [3.05, 3.63) is 83.3 Å². The van der Waals surface area contributed by atoms with E-state index in [1.54, 1.807) is 6.92 Å². The van der Waals surface area contributed by atoms with Crippen LogP contribution in [0.25, 0.3) is 11.4 Å². The summed E-state index contributed by atoms with van der Waals surface area (Å²) in [6.45, 7) is 4.10. The molecule has 1 aromatic heterocycles. The first-order valence-corrected chi connectivity index (χ1v) is 9.32. The summed E-state index contributed by atoms with van der Waals surface area (Å²) in [6, 6.07) is 16.6. The number of carbonyl (C=O) groups excluding carboxylic acids is 2. The van der Waals surface area contributed by atoms with E-state index in [4.69, 9.17) is 4.74 Å². The van der Waals surface area contributed by atoms with Gasteiger partial charge in [0.25, 0.3) is 0 Å². The number of carbonyl (C=O) groups is 2. The van der Waals surface area contributed by atoms with Crippen molar-refractivity contribution >= 4 is 17.3 Å². The molecule has 1 heterocycles. The number of hydrogen-bond acceptors (Lipinski definition) is 6. The highest BCUT2D eigenvalue weighted by Crippen LogP contribution is 2.30. The Morgan fingerprint density at radius 1 is 0.966 bits per heavy atom. The quantitative estimate of drug-likeness (QED) is 0.708. The molecule has 1 aliphatic carbocycles. The van der Waals surface area contributed by atoms with E-state index in [0.717, 1.165) is 5.69 Å². The number of aryl methyl sites for hydroxylation is 1. The maximum Gasteiger partial charge on any atom is 0.213 e. The molecular weight excluding hydrogens is 366 g/mol. The number of Topliss-reactive ketones (excluding diaryl/α,β-unsaturated/α-hetero) is 1. The van der Waals surface area contributed by atoms with Gasteiger partial charge in [-0.2, -0.15) is 0 Å². The molecule has 0 atom stereocenters. The van der Waals surface area contributed by atoms with E-state index in [2.05, 4.69) is 15.3 Å². The van der Waals surface area contributed by atoms with E-state index in [0.29, 0.717) is 29.4 Å². The zero-order valence-electron chi connectivity index (χ0n) is 16.1. The summed E-state index contributed by atoms with van der Waals surface area (Å²) in [4.78, 5) is 34.7. The van der Waals surface area contributed by atoms with Gasteiger partial charge >= 0.3 is 0 Å². The van der Waals surface area contributed by atoms with Crippen LogP contribution >= 0.6 is 0 Å². The molecule has 0 bridgehead atoms. The van der Waals surface area contributed by atoms with Crippen LogP contribution in [-0.4, -0.2) is 28.1 Å². The molecule has 1 N–H and O–H groups in total. The lowest BCUT2D eigenvalue weighted by Gasteiger charge is -2.18. The Morgan fingerprint density at radius 3 is 2.45 bits per heavy atom. The molecule has 0 saturated carbocycles. The molecule has 6 nitrogen and oxygen atoms in total. The Balaban J connectivity index is 1.76. The Labute approximate surface area is 168 Å². The van der Waals surface area contributed by atoms with E-state index in [-0.39, 0.29) is 28.5 Å². The summed E-state index contributed by atoms with van der Waals surface area (Å²) in [6.07, 6.45) is 1.29. The maximum atomic E-state index is 13.0. The summed E-state index contributed by atoms with van der Waals surface area (Å²) in [5, 5.41) is 3.02. The topological polar surface area (TPSA) is 81.2 Å². The highest BCUT2D eigenvalue weighted by atomic mass is 16.5. The van der Waals surface area contributed by atoms with Gasteiger partial charge in [-0.3, -0.25) is 9.59 Å². The van der Waals surface area contributed by atoms with Gasteiger partial charge in [-0.05, 0) is 38.1 Å². The lowest BCUT2D eigenvalue weighted by atomic mass is 9.95. The molecule has 0 fully saturated rings. The first-order valence-electron chi connectivity index (χ1n) is 9.32. The Morgan fingerprint density at radius 2 is 1.69 bits per heavy atom. The van der Waals surface area contributed by atoms with Gasteiger partial charge < -0.3 is 10.1 Å². The number of rotatable bonds is 5. The van der Waals surface area contributed by atoms with Gasteiger partial charge in [0.2, 0.25) is 11.6 Å². The standard InChI is InChI=1S/C23H19N3O3/c1-3-29-19-12-8-7-11-16(19)23-24-14(2)20-21(26-23)18(27)13-17(22(20)28)25-15-9-5-4-6-10-15/h4-13,25H,3H2,1-2H3. The average molecular weight is 385 g/mol. The minimum Gasteiger partial charge on any atom is -0.493 e. The highest BCUT2D eigenvalue weighted by Gasteiger charge is 2.30. The second kappa shape index (κ2) is 7.67. The SMILES string of the molecule is CCOc1ccccc1-c1nc(C)c2c(n1)C(=O)C=C(Nc1ccccc1)C2=O. The average Bonchev–Trinajstić information content (AvgIpc) is 2.73. The molecule has 0 saturated heterocycles. The van der Waals surface area contributed by atoms with Crippen LogP contribution in [-0.2, 0) is 0 Å². The molecule has 144 valence electrons. The molecule has 0 radical (unpaired) electrons. The molecule has 0 unspecified atom stereocenters. The molecule has 6 heteroatoms. The number of allylic oxidation sites excluding steroid dienone is 2. The fourth-order valence-electron chi connectivity index (χ4n) is 3.25. The van der Waals surface area contributed by atoms with E-state index in [1.807, 2.05) is 61.5 Å². The zero-order valence-corrected chi connectivity index (χ0v) is 16.1. The number of ether oxygens (including phenoxy) is 1. The van der Waals surface area contributed by atoms with Crippen LogP contribution < -0.4 is 10.1 Å². The summed E-state index contributed by atoms with van der Waals surface area (Å²) in [5.41, 5.74) is 2.41. The van der Waals surface area contributed by atoms with Crippen LogP contribution in [0.3, 0.4) is 0 Å². The molecule has 29 heavy (non-hydrogen) atoms. The number of ketones is 2. The van der Waals surface area contributed by atoms with Crippen LogP contribution in [0.4, 0.5) is 5.69 Å². The number of aromatic nitrogens is 2. The van der Waals surface area contributed by atoms with Crippen molar-refractivity contribution in [3.8, 4) is 17.1 Å². The van der Waals surface area contributed by atoms with Crippen molar-refractivity contribution in [2.24, 2.45) is 0 Å².